The third-order valence-corrected chi connectivity index (χ3v) is 4.71. The minimum Gasteiger partial charge on any atom is -0.437 e. The average Bonchev–Trinajstić information content (AvgIpc) is 3.13. The summed E-state index contributed by atoms with van der Waals surface area (Å²) in [6.07, 6.45) is 2.10. The van der Waals surface area contributed by atoms with E-state index in [1.54, 1.807) is 0 Å². The molecule has 1 atom stereocenters. The van der Waals surface area contributed by atoms with E-state index >= 15 is 0 Å². The molecule has 1 aliphatic carbocycles. The summed E-state index contributed by atoms with van der Waals surface area (Å²) in [5.41, 5.74) is 5.93. The fourth-order valence-electron chi connectivity index (χ4n) is 2.39. The largest absolute Gasteiger partial charge is 0.437 e. The van der Waals surface area contributed by atoms with Gasteiger partial charge in [0, 0.05) is 11.8 Å². The number of amides is 1. The van der Waals surface area contributed by atoms with Gasteiger partial charge >= 0.3 is 0 Å². The van der Waals surface area contributed by atoms with Crippen LogP contribution in [0, 0.1) is 19.8 Å². The van der Waals surface area contributed by atoms with Gasteiger partial charge in [-0.05, 0) is 46.5 Å². The van der Waals surface area contributed by atoms with Crippen molar-refractivity contribution in [3.05, 3.63) is 11.5 Å². The van der Waals surface area contributed by atoms with E-state index < -0.39 is 5.54 Å². The van der Waals surface area contributed by atoms with Crippen LogP contribution in [0.25, 0.3) is 0 Å². The average molecular weight is 297 g/mol. The van der Waals surface area contributed by atoms with Crippen molar-refractivity contribution in [1.82, 2.24) is 10.3 Å². The number of carbonyl (C=O) groups excluding carboxylic acids is 1. The summed E-state index contributed by atoms with van der Waals surface area (Å²) >= 11 is 1.46. The number of aromatic nitrogens is 1. The van der Waals surface area contributed by atoms with Gasteiger partial charge in [0.1, 0.15) is 11.3 Å². The zero-order chi connectivity index (χ0) is 14.9. The second-order valence-electron chi connectivity index (χ2n) is 5.82. The van der Waals surface area contributed by atoms with Gasteiger partial charge in [-0.1, -0.05) is 11.8 Å². The molecule has 20 heavy (non-hydrogen) atoms. The number of aryl methyl sites for hydroxylation is 2. The van der Waals surface area contributed by atoms with Crippen molar-refractivity contribution in [2.24, 2.45) is 11.7 Å². The van der Waals surface area contributed by atoms with Crippen LogP contribution in [0.15, 0.2) is 9.64 Å². The SMILES string of the molecule is Cc1nc(SCC(NC(C)C)(C(N)=O)C2CC2)oc1C. The van der Waals surface area contributed by atoms with Crippen molar-refractivity contribution >= 4 is 17.7 Å². The quantitative estimate of drug-likeness (QED) is 0.752. The highest BCUT2D eigenvalue weighted by Crippen LogP contribution is 2.42. The molecule has 1 aromatic rings. The number of primary amides is 1. The highest BCUT2D eigenvalue weighted by atomic mass is 32.2. The van der Waals surface area contributed by atoms with Gasteiger partial charge in [-0.25, -0.2) is 4.98 Å². The van der Waals surface area contributed by atoms with Crippen LogP contribution in [-0.2, 0) is 4.79 Å². The van der Waals surface area contributed by atoms with E-state index in [0.717, 1.165) is 24.3 Å². The van der Waals surface area contributed by atoms with Crippen LogP contribution in [0.4, 0.5) is 0 Å². The molecule has 1 unspecified atom stereocenters. The molecule has 0 bridgehead atoms. The molecule has 2 rings (SSSR count). The Kier molecular flexibility index (Phi) is 4.44. The molecule has 0 saturated heterocycles. The molecule has 0 spiro atoms. The van der Waals surface area contributed by atoms with E-state index in [4.69, 9.17) is 10.2 Å². The Morgan fingerprint density at radius 1 is 1.55 bits per heavy atom. The molecule has 112 valence electrons. The molecule has 5 nitrogen and oxygen atoms in total. The molecule has 6 heteroatoms. The molecule has 0 aliphatic heterocycles. The molecule has 1 heterocycles. The zero-order valence-electron chi connectivity index (χ0n) is 12.5. The second-order valence-corrected chi connectivity index (χ2v) is 6.75. The van der Waals surface area contributed by atoms with E-state index in [1.807, 2.05) is 27.7 Å². The Morgan fingerprint density at radius 3 is 2.60 bits per heavy atom. The summed E-state index contributed by atoms with van der Waals surface area (Å²) in [5, 5.41) is 3.99. The van der Waals surface area contributed by atoms with Crippen molar-refractivity contribution in [1.29, 1.82) is 0 Å². The number of nitrogens with one attached hydrogen (secondary N) is 1. The van der Waals surface area contributed by atoms with Crippen molar-refractivity contribution in [3.8, 4) is 0 Å². The van der Waals surface area contributed by atoms with Crippen LogP contribution < -0.4 is 11.1 Å². The molecule has 1 aromatic heterocycles. The monoisotopic (exact) mass is 297 g/mol. The first-order valence-corrected chi connectivity index (χ1v) is 7.98. The van der Waals surface area contributed by atoms with Crippen LogP contribution in [0.1, 0.15) is 38.1 Å². The summed E-state index contributed by atoms with van der Waals surface area (Å²) in [6.45, 7) is 7.87. The highest BCUT2D eigenvalue weighted by Gasteiger charge is 2.50. The van der Waals surface area contributed by atoms with E-state index in [1.165, 1.54) is 11.8 Å². The third kappa shape index (κ3) is 3.17. The number of thioether (sulfide) groups is 1. The van der Waals surface area contributed by atoms with Crippen LogP contribution in [0.2, 0.25) is 0 Å². The lowest BCUT2D eigenvalue weighted by Crippen LogP contribution is -2.61. The maximum atomic E-state index is 12.0. The highest BCUT2D eigenvalue weighted by molar-refractivity contribution is 7.99. The predicted molar refractivity (Wildman–Crippen MR) is 79.6 cm³/mol. The maximum Gasteiger partial charge on any atom is 0.256 e. The van der Waals surface area contributed by atoms with E-state index in [0.29, 0.717) is 16.9 Å². The van der Waals surface area contributed by atoms with Gasteiger partial charge in [0.15, 0.2) is 0 Å². The minimum absolute atomic E-state index is 0.205. The molecular weight excluding hydrogens is 274 g/mol. The number of nitrogens with two attached hydrogens (primary N) is 1. The number of hydrogen-bond donors (Lipinski definition) is 2. The Balaban J connectivity index is 2.13. The Bertz CT molecular complexity index is 477. The van der Waals surface area contributed by atoms with Gasteiger partial charge in [0.05, 0.1) is 5.69 Å². The molecule has 0 radical (unpaired) electrons. The molecule has 1 aliphatic rings. The van der Waals surface area contributed by atoms with Gasteiger partial charge in [-0.2, -0.15) is 0 Å². The fraction of sp³-hybridized carbons (Fsp3) is 0.714. The smallest absolute Gasteiger partial charge is 0.256 e. The molecule has 1 saturated carbocycles. The first kappa shape index (κ1) is 15.4. The second kappa shape index (κ2) is 5.77. The zero-order valence-corrected chi connectivity index (χ0v) is 13.3. The van der Waals surface area contributed by atoms with E-state index in [9.17, 15) is 4.79 Å². The topological polar surface area (TPSA) is 81.1 Å². The third-order valence-electron chi connectivity index (χ3n) is 3.69. The van der Waals surface area contributed by atoms with Gasteiger partial charge in [0.25, 0.3) is 5.22 Å². The lowest BCUT2D eigenvalue weighted by atomic mass is 9.93. The lowest BCUT2D eigenvalue weighted by molar-refractivity contribution is -0.124. The van der Waals surface area contributed by atoms with Gasteiger partial charge < -0.3 is 15.5 Å². The van der Waals surface area contributed by atoms with Crippen molar-refractivity contribution in [2.75, 3.05) is 5.75 Å². The number of carbonyl (C=O) groups is 1. The summed E-state index contributed by atoms with van der Waals surface area (Å²) in [4.78, 5) is 16.4. The Hall–Kier alpha value is -1.01. The standard InChI is InChI=1S/C14H23N3O2S/c1-8(2)17-14(12(15)18,11-5-6-11)7-20-13-16-9(3)10(4)19-13/h8,11,17H,5-7H2,1-4H3,(H2,15,18). The minimum atomic E-state index is -0.658. The number of rotatable bonds is 7. The Morgan fingerprint density at radius 2 is 2.20 bits per heavy atom. The van der Waals surface area contributed by atoms with Crippen molar-refractivity contribution < 1.29 is 9.21 Å². The number of hydrogen-bond acceptors (Lipinski definition) is 5. The molecule has 0 aromatic carbocycles. The van der Waals surface area contributed by atoms with Gasteiger partial charge in [-0.3, -0.25) is 4.79 Å². The van der Waals surface area contributed by atoms with Crippen LogP contribution in [0.3, 0.4) is 0 Å². The van der Waals surface area contributed by atoms with Crippen molar-refractivity contribution in [3.63, 3.8) is 0 Å². The lowest BCUT2D eigenvalue weighted by Gasteiger charge is -2.33. The van der Waals surface area contributed by atoms with Crippen molar-refractivity contribution in [2.45, 2.75) is 57.3 Å². The predicted octanol–water partition coefficient (Wildman–Crippen LogP) is 2.02. The van der Waals surface area contributed by atoms with Crippen LogP contribution in [-0.4, -0.2) is 28.2 Å². The first-order valence-electron chi connectivity index (χ1n) is 6.99. The molecule has 1 fully saturated rings. The summed E-state index contributed by atoms with van der Waals surface area (Å²) in [5.74, 6) is 1.43. The van der Waals surface area contributed by atoms with Crippen LogP contribution in [0.5, 0.6) is 0 Å². The fourth-order valence-corrected chi connectivity index (χ4v) is 3.59. The molecule has 3 N–H and O–H groups in total. The van der Waals surface area contributed by atoms with Gasteiger partial charge in [-0.15, -0.1) is 0 Å². The molecular formula is C14H23N3O2S. The number of nitrogens with zero attached hydrogens (tertiary/aromatic N) is 1. The summed E-state index contributed by atoms with van der Waals surface area (Å²) in [7, 11) is 0. The Labute approximate surface area is 124 Å². The first-order chi connectivity index (χ1) is 9.35. The van der Waals surface area contributed by atoms with E-state index in [-0.39, 0.29) is 11.9 Å². The van der Waals surface area contributed by atoms with Crippen LogP contribution >= 0.6 is 11.8 Å². The van der Waals surface area contributed by atoms with E-state index in [2.05, 4.69) is 10.3 Å². The van der Waals surface area contributed by atoms with Gasteiger partial charge in [0.2, 0.25) is 5.91 Å². The maximum absolute atomic E-state index is 12.0. The molecule has 1 amide bonds. The number of oxazole rings is 1. The summed E-state index contributed by atoms with van der Waals surface area (Å²) in [6, 6.07) is 0.205. The normalized spacial score (nSPS) is 18.2. The summed E-state index contributed by atoms with van der Waals surface area (Å²) < 4.78 is 5.57.